The number of piperidine rings is 1. The van der Waals surface area contributed by atoms with E-state index in [1.54, 1.807) is 14.2 Å². The summed E-state index contributed by atoms with van der Waals surface area (Å²) in [5.41, 5.74) is 3.48. The molecular weight excluding hydrogens is 534 g/mol. The Morgan fingerprint density at radius 1 is 0.952 bits per heavy atom. The number of rotatable bonds is 17. The summed E-state index contributed by atoms with van der Waals surface area (Å²) in [6.45, 7) is 9.53. The number of methoxy groups -OCH3 is 2. The summed E-state index contributed by atoms with van der Waals surface area (Å²) in [5, 5.41) is 3.57. The summed E-state index contributed by atoms with van der Waals surface area (Å²) in [6.07, 6.45) is 1.80. The van der Waals surface area contributed by atoms with Crippen LogP contribution in [0.1, 0.15) is 36.8 Å². The van der Waals surface area contributed by atoms with E-state index in [2.05, 4.69) is 78.6 Å². The first-order valence-electron chi connectivity index (χ1n) is 15.3. The molecule has 2 aliphatic heterocycles. The van der Waals surface area contributed by atoms with Crippen molar-refractivity contribution >= 4 is 5.69 Å². The molecule has 2 unspecified atom stereocenters. The SMILES string of the molecule is COCCCOc1ccc(C2[C@@H](OCc3ccc4c(c3)N(CCCOC)CCO4)CNC[C@H]2OCC(C)N(C)C)cc1. The van der Waals surface area contributed by atoms with Crippen molar-refractivity contribution in [3.05, 3.63) is 53.6 Å². The molecule has 2 heterocycles. The molecule has 9 heteroatoms. The monoisotopic (exact) mass is 585 g/mol. The summed E-state index contributed by atoms with van der Waals surface area (Å²) in [7, 11) is 7.64. The maximum Gasteiger partial charge on any atom is 0.142 e. The molecule has 0 amide bonds. The van der Waals surface area contributed by atoms with Gasteiger partial charge in [0.1, 0.15) is 18.1 Å². The average molecular weight is 586 g/mol. The quantitative estimate of drug-likeness (QED) is 0.278. The molecule has 1 N–H and O–H groups in total. The Morgan fingerprint density at radius 2 is 1.69 bits per heavy atom. The molecule has 2 aliphatic rings. The smallest absolute Gasteiger partial charge is 0.142 e. The van der Waals surface area contributed by atoms with Crippen molar-refractivity contribution in [3.8, 4) is 11.5 Å². The van der Waals surface area contributed by atoms with Crippen molar-refractivity contribution in [1.29, 1.82) is 0 Å². The van der Waals surface area contributed by atoms with E-state index in [1.807, 2.05) is 0 Å². The fourth-order valence-corrected chi connectivity index (χ4v) is 5.45. The Morgan fingerprint density at radius 3 is 2.43 bits per heavy atom. The van der Waals surface area contributed by atoms with E-state index in [1.165, 1.54) is 5.56 Å². The van der Waals surface area contributed by atoms with Gasteiger partial charge in [0.25, 0.3) is 0 Å². The van der Waals surface area contributed by atoms with Gasteiger partial charge in [-0.1, -0.05) is 18.2 Å². The molecule has 2 aromatic carbocycles. The van der Waals surface area contributed by atoms with Crippen molar-refractivity contribution < 1.29 is 28.4 Å². The van der Waals surface area contributed by atoms with E-state index < -0.39 is 0 Å². The number of benzene rings is 2. The lowest BCUT2D eigenvalue weighted by Gasteiger charge is -2.39. The van der Waals surface area contributed by atoms with Gasteiger partial charge in [0.2, 0.25) is 0 Å². The molecule has 9 nitrogen and oxygen atoms in total. The molecular formula is C33H51N3O6. The summed E-state index contributed by atoms with van der Waals surface area (Å²) in [5.74, 6) is 1.90. The lowest BCUT2D eigenvalue weighted by molar-refractivity contribution is -0.0676. The Balaban J connectivity index is 1.47. The summed E-state index contributed by atoms with van der Waals surface area (Å²) in [4.78, 5) is 4.58. The Labute approximate surface area is 252 Å². The van der Waals surface area contributed by atoms with Gasteiger partial charge in [0, 0.05) is 65.4 Å². The van der Waals surface area contributed by atoms with Crippen LogP contribution in [0.3, 0.4) is 0 Å². The number of nitrogens with one attached hydrogen (secondary N) is 1. The molecule has 0 radical (unpaired) electrons. The van der Waals surface area contributed by atoms with Gasteiger partial charge >= 0.3 is 0 Å². The highest BCUT2D eigenvalue weighted by molar-refractivity contribution is 5.61. The second-order valence-electron chi connectivity index (χ2n) is 11.5. The van der Waals surface area contributed by atoms with E-state index in [9.17, 15) is 0 Å². The maximum absolute atomic E-state index is 6.69. The minimum Gasteiger partial charge on any atom is -0.494 e. The first-order chi connectivity index (χ1) is 20.5. The molecule has 0 saturated carbocycles. The van der Waals surface area contributed by atoms with E-state index in [-0.39, 0.29) is 18.1 Å². The molecule has 234 valence electrons. The highest BCUT2D eigenvalue weighted by Crippen LogP contribution is 2.35. The number of anilines is 1. The number of fused-ring (bicyclic) bond motifs is 1. The van der Waals surface area contributed by atoms with Crippen LogP contribution in [0, 0.1) is 0 Å². The van der Waals surface area contributed by atoms with Gasteiger partial charge in [0.15, 0.2) is 0 Å². The standard InChI is InChI=1S/C33H51N3O6/c1-25(35(2)3)23-41-31-21-34-22-32(33(31)27-9-11-28(12-10-27)39-18-7-17-38-5)42-24-26-8-13-30-29(20-26)36(15-19-40-30)14-6-16-37-4/h8-13,20,25,31-34H,6-7,14-19,21-24H2,1-5H3/t25?,31-,32+,33?/m1/s1. The largest absolute Gasteiger partial charge is 0.494 e. The number of likely N-dealkylation sites (N-methyl/N-ethyl adjacent to an activating group) is 1. The van der Waals surface area contributed by atoms with Gasteiger partial charge in [-0.25, -0.2) is 0 Å². The minimum absolute atomic E-state index is 0.00664. The first kappa shape index (κ1) is 32.5. The van der Waals surface area contributed by atoms with Crippen molar-refractivity contribution in [2.75, 3.05) is 92.4 Å². The Hall–Kier alpha value is -2.40. The highest BCUT2D eigenvalue weighted by Gasteiger charge is 2.36. The van der Waals surface area contributed by atoms with Gasteiger partial charge in [0.05, 0.1) is 44.3 Å². The van der Waals surface area contributed by atoms with Crippen LogP contribution in [-0.2, 0) is 25.6 Å². The van der Waals surface area contributed by atoms with Gasteiger partial charge in [-0.2, -0.15) is 0 Å². The zero-order valence-corrected chi connectivity index (χ0v) is 26.2. The molecule has 1 fully saturated rings. The van der Waals surface area contributed by atoms with E-state index >= 15 is 0 Å². The second kappa shape index (κ2) is 17.0. The van der Waals surface area contributed by atoms with Crippen molar-refractivity contribution in [2.45, 2.75) is 50.5 Å². The number of hydrogen-bond donors (Lipinski definition) is 1. The molecule has 0 spiro atoms. The topological polar surface area (TPSA) is 73.9 Å². The summed E-state index contributed by atoms with van der Waals surface area (Å²) >= 11 is 0. The fourth-order valence-electron chi connectivity index (χ4n) is 5.45. The highest BCUT2D eigenvalue weighted by atomic mass is 16.5. The zero-order valence-electron chi connectivity index (χ0n) is 26.2. The molecule has 1 saturated heterocycles. The zero-order chi connectivity index (χ0) is 29.7. The molecule has 4 atom stereocenters. The first-order valence-corrected chi connectivity index (χ1v) is 15.3. The van der Waals surface area contributed by atoms with Crippen LogP contribution >= 0.6 is 0 Å². The summed E-state index contributed by atoms with van der Waals surface area (Å²) in [6, 6.07) is 15.2. The van der Waals surface area contributed by atoms with Gasteiger partial charge < -0.3 is 43.5 Å². The molecule has 0 bridgehead atoms. The Kier molecular flexibility index (Phi) is 13.2. The molecule has 0 aliphatic carbocycles. The van der Waals surface area contributed by atoms with Crippen molar-refractivity contribution in [3.63, 3.8) is 0 Å². The summed E-state index contributed by atoms with van der Waals surface area (Å²) < 4.78 is 35.5. The second-order valence-corrected chi connectivity index (χ2v) is 11.5. The van der Waals surface area contributed by atoms with Crippen LogP contribution in [0.4, 0.5) is 5.69 Å². The van der Waals surface area contributed by atoms with Crippen LogP contribution in [0.2, 0.25) is 0 Å². The van der Waals surface area contributed by atoms with E-state index in [0.29, 0.717) is 39.1 Å². The molecule has 4 rings (SSSR count). The van der Waals surface area contributed by atoms with Crippen LogP contribution in [0.25, 0.3) is 0 Å². The van der Waals surface area contributed by atoms with E-state index in [0.717, 1.165) is 68.4 Å². The lowest BCUT2D eigenvalue weighted by atomic mass is 9.85. The third kappa shape index (κ3) is 9.30. The van der Waals surface area contributed by atoms with Gasteiger partial charge in [-0.15, -0.1) is 0 Å². The van der Waals surface area contributed by atoms with Crippen LogP contribution < -0.4 is 19.7 Å². The minimum atomic E-state index is -0.0445. The average Bonchev–Trinajstić information content (AvgIpc) is 3.01. The third-order valence-electron chi connectivity index (χ3n) is 8.18. The van der Waals surface area contributed by atoms with Gasteiger partial charge in [-0.3, -0.25) is 0 Å². The maximum atomic E-state index is 6.69. The van der Waals surface area contributed by atoms with Gasteiger partial charge in [-0.05, 0) is 62.8 Å². The number of hydrogen-bond acceptors (Lipinski definition) is 9. The normalized spacial score (nSPS) is 21.2. The predicted octanol–water partition coefficient (Wildman–Crippen LogP) is 3.94. The number of nitrogens with zero attached hydrogens (tertiary/aromatic N) is 2. The van der Waals surface area contributed by atoms with Crippen LogP contribution in [0.5, 0.6) is 11.5 Å². The third-order valence-corrected chi connectivity index (χ3v) is 8.18. The van der Waals surface area contributed by atoms with E-state index in [4.69, 9.17) is 28.4 Å². The Bertz CT molecular complexity index is 1050. The van der Waals surface area contributed by atoms with Crippen molar-refractivity contribution in [2.24, 2.45) is 0 Å². The molecule has 2 aromatic rings. The van der Waals surface area contributed by atoms with Crippen LogP contribution in [-0.4, -0.2) is 111 Å². The fraction of sp³-hybridized carbons (Fsp3) is 0.636. The van der Waals surface area contributed by atoms with Crippen LogP contribution in [0.15, 0.2) is 42.5 Å². The van der Waals surface area contributed by atoms with Crippen molar-refractivity contribution in [1.82, 2.24) is 10.2 Å². The molecule has 42 heavy (non-hydrogen) atoms. The predicted molar refractivity (Wildman–Crippen MR) is 166 cm³/mol. The lowest BCUT2D eigenvalue weighted by Crippen LogP contribution is -2.51. The molecule has 0 aromatic heterocycles. The number of ether oxygens (including phenoxy) is 6.